The molecular formula is C15H12FNO4. The third-order valence-electron chi connectivity index (χ3n) is 2.69. The minimum Gasteiger partial charge on any atom is -0.478 e. The normalized spacial score (nSPS) is 10.7. The number of rotatable bonds is 5. The first-order valence-corrected chi connectivity index (χ1v) is 6.06. The lowest BCUT2D eigenvalue weighted by atomic mass is 10.1. The molecule has 2 N–H and O–H groups in total. The number of carbonyl (C=O) groups excluding carboxylic acids is 1. The lowest BCUT2D eigenvalue weighted by Gasteiger charge is -2.06. The molecule has 1 aromatic carbocycles. The Labute approximate surface area is 119 Å². The maximum absolute atomic E-state index is 13.7. The Kier molecular flexibility index (Phi) is 4.50. The van der Waals surface area contributed by atoms with Crippen molar-refractivity contribution in [2.75, 3.05) is 0 Å². The van der Waals surface area contributed by atoms with E-state index >= 15 is 0 Å². The zero-order valence-electron chi connectivity index (χ0n) is 10.9. The van der Waals surface area contributed by atoms with Crippen LogP contribution in [-0.2, 0) is 11.3 Å². The molecule has 0 aliphatic heterocycles. The number of hydrogen-bond donors (Lipinski definition) is 2. The van der Waals surface area contributed by atoms with E-state index in [1.807, 2.05) is 0 Å². The predicted molar refractivity (Wildman–Crippen MR) is 72.9 cm³/mol. The summed E-state index contributed by atoms with van der Waals surface area (Å²) in [6, 6.07) is 5.48. The van der Waals surface area contributed by atoms with Gasteiger partial charge in [-0.1, -0.05) is 6.07 Å². The van der Waals surface area contributed by atoms with E-state index in [-0.39, 0.29) is 12.1 Å². The van der Waals surface area contributed by atoms with Gasteiger partial charge in [0.25, 0.3) is 5.91 Å². The van der Waals surface area contributed by atoms with Crippen molar-refractivity contribution < 1.29 is 23.5 Å². The molecule has 108 valence electrons. The molecule has 6 heteroatoms. The fourth-order valence-electron chi connectivity index (χ4n) is 1.66. The van der Waals surface area contributed by atoms with Gasteiger partial charge in [0.15, 0.2) is 0 Å². The minimum atomic E-state index is -1.12. The Bertz CT molecular complexity index is 677. The van der Waals surface area contributed by atoms with Crippen LogP contribution in [0, 0.1) is 5.82 Å². The summed E-state index contributed by atoms with van der Waals surface area (Å²) in [5.74, 6) is -2.38. The number of hydrogen-bond acceptors (Lipinski definition) is 3. The largest absolute Gasteiger partial charge is 0.478 e. The van der Waals surface area contributed by atoms with Crippen molar-refractivity contribution in [2.24, 2.45) is 0 Å². The number of furan rings is 1. The number of nitrogens with one attached hydrogen (secondary N) is 1. The van der Waals surface area contributed by atoms with Gasteiger partial charge in [-0.15, -0.1) is 0 Å². The highest BCUT2D eigenvalue weighted by atomic mass is 19.1. The maximum Gasteiger partial charge on any atom is 0.328 e. The summed E-state index contributed by atoms with van der Waals surface area (Å²) in [5.41, 5.74) is 1.03. The van der Waals surface area contributed by atoms with Crippen LogP contribution < -0.4 is 5.32 Å². The van der Waals surface area contributed by atoms with Gasteiger partial charge in [-0.3, -0.25) is 4.79 Å². The fourth-order valence-corrected chi connectivity index (χ4v) is 1.66. The van der Waals surface area contributed by atoms with Gasteiger partial charge in [0.2, 0.25) is 0 Å². The Morgan fingerprint density at radius 3 is 2.81 bits per heavy atom. The van der Waals surface area contributed by atoms with Gasteiger partial charge in [0.05, 0.1) is 18.1 Å². The minimum absolute atomic E-state index is 0.147. The predicted octanol–water partition coefficient (Wildman–Crippen LogP) is 2.45. The van der Waals surface area contributed by atoms with Gasteiger partial charge < -0.3 is 14.8 Å². The highest BCUT2D eigenvalue weighted by molar-refractivity contribution is 5.95. The number of carbonyl (C=O) groups is 2. The summed E-state index contributed by atoms with van der Waals surface area (Å²) in [6.45, 7) is 0.212. The van der Waals surface area contributed by atoms with Gasteiger partial charge in [-0.2, -0.15) is 0 Å². The van der Waals surface area contributed by atoms with Crippen LogP contribution in [0.5, 0.6) is 0 Å². The average molecular weight is 289 g/mol. The molecule has 0 saturated heterocycles. The molecule has 0 saturated carbocycles. The smallest absolute Gasteiger partial charge is 0.328 e. The van der Waals surface area contributed by atoms with E-state index < -0.39 is 17.7 Å². The van der Waals surface area contributed by atoms with E-state index in [0.717, 1.165) is 17.7 Å². The van der Waals surface area contributed by atoms with E-state index in [1.54, 1.807) is 6.07 Å². The number of benzene rings is 1. The highest BCUT2D eigenvalue weighted by Crippen LogP contribution is 2.12. The molecule has 1 heterocycles. The quantitative estimate of drug-likeness (QED) is 0.829. The van der Waals surface area contributed by atoms with Crippen molar-refractivity contribution in [3.05, 3.63) is 65.4 Å². The zero-order chi connectivity index (χ0) is 15.2. The number of carboxylic acids is 1. The van der Waals surface area contributed by atoms with Crippen LogP contribution in [0.1, 0.15) is 21.5 Å². The molecule has 0 atom stereocenters. The van der Waals surface area contributed by atoms with E-state index in [2.05, 4.69) is 5.32 Å². The second-order valence-electron chi connectivity index (χ2n) is 4.23. The molecule has 2 aromatic rings. The van der Waals surface area contributed by atoms with Crippen LogP contribution in [0.2, 0.25) is 0 Å². The van der Waals surface area contributed by atoms with Crippen LogP contribution in [0.3, 0.4) is 0 Å². The van der Waals surface area contributed by atoms with Crippen LogP contribution in [0.4, 0.5) is 4.39 Å². The lowest BCUT2D eigenvalue weighted by molar-refractivity contribution is -0.131. The maximum atomic E-state index is 13.7. The number of aliphatic carboxylic acids is 1. The number of carboxylic acid groups (broad SMARTS) is 1. The summed E-state index contributed by atoms with van der Waals surface area (Å²) < 4.78 is 18.5. The topological polar surface area (TPSA) is 79.5 Å². The molecule has 2 rings (SSSR count). The van der Waals surface area contributed by atoms with E-state index in [1.165, 1.54) is 30.7 Å². The van der Waals surface area contributed by atoms with Crippen LogP contribution in [-0.4, -0.2) is 17.0 Å². The Balaban J connectivity index is 2.12. The van der Waals surface area contributed by atoms with Crippen LogP contribution in [0.15, 0.2) is 47.3 Å². The summed E-state index contributed by atoms with van der Waals surface area (Å²) >= 11 is 0. The van der Waals surface area contributed by atoms with Gasteiger partial charge in [0.1, 0.15) is 5.82 Å². The first-order chi connectivity index (χ1) is 10.1. The molecule has 0 bridgehead atoms. The van der Waals surface area contributed by atoms with Crippen molar-refractivity contribution in [3.8, 4) is 0 Å². The number of halogens is 1. The van der Waals surface area contributed by atoms with Gasteiger partial charge in [-0.05, 0) is 29.8 Å². The molecule has 0 spiro atoms. The third-order valence-corrected chi connectivity index (χ3v) is 2.69. The van der Waals surface area contributed by atoms with E-state index in [0.29, 0.717) is 5.56 Å². The van der Waals surface area contributed by atoms with Crippen LogP contribution >= 0.6 is 0 Å². The molecule has 0 aliphatic carbocycles. The second kappa shape index (κ2) is 6.51. The molecule has 0 radical (unpaired) electrons. The molecule has 5 nitrogen and oxygen atoms in total. The first kappa shape index (κ1) is 14.5. The summed E-state index contributed by atoms with van der Waals surface area (Å²) in [7, 11) is 0. The van der Waals surface area contributed by atoms with E-state index in [4.69, 9.17) is 9.52 Å². The van der Waals surface area contributed by atoms with Gasteiger partial charge >= 0.3 is 5.97 Å². The Hall–Kier alpha value is -2.89. The molecule has 1 aromatic heterocycles. The third kappa shape index (κ3) is 4.04. The Morgan fingerprint density at radius 2 is 2.14 bits per heavy atom. The number of amides is 1. The molecular weight excluding hydrogens is 277 g/mol. The highest BCUT2D eigenvalue weighted by Gasteiger charge is 2.12. The second-order valence-corrected chi connectivity index (χ2v) is 4.23. The first-order valence-electron chi connectivity index (χ1n) is 6.06. The summed E-state index contributed by atoms with van der Waals surface area (Å²) in [4.78, 5) is 22.4. The van der Waals surface area contributed by atoms with Crippen LogP contribution in [0.25, 0.3) is 6.08 Å². The summed E-state index contributed by atoms with van der Waals surface area (Å²) in [6.07, 6.45) is 5.15. The molecule has 1 amide bonds. The van der Waals surface area contributed by atoms with Crippen molar-refractivity contribution in [1.29, 1.82) is 0 Å². The monoisotopic (exact) mass is 289 g/mol. The average Bonchev–Trinajstić information content (AvgIpc) is 2.97. The molecule has 0 aliphatic rings. The zero-order valence-corrected chi connectivity index (χ0v) is 10.9. The Morgan fingerprint density at radius 1 is 1.33 bits per heavy atom. The van der Waals surface area contributed by atoms with Gasteiger partial charge in [0, 0.05) is 18.2 Å². The fraction of sp³-hybridized carbons (Fsp3) is 0.0667. The van der Waals surface area contributed by atoms with Gasteiger partial charge in [-0.25, -0.2) is 9.18 Å². The van der Waals surface area contributed by atoms with Crippen molar-refractivity contribution in [2.45, 2.75) is 6.54 Å². The van der Waals surface area contributed by atoms with Crippen molar-refractivity contribution in [1.82, 2.24) is 5.32 Å². The lowest BCUT2D eigenvalue weighted by Crippen LogP contribution is -2.23. The molecule has 0 fully saturated rings. The standard InChI is InChI=1S/C15H12FNO4/c16-13-3-1-10(2-4-14(18)19)7-12(13)15(20)17-8-11-5-6-21-9-11/h1-7,9H,8H2,(H,17,20)(H,18,19)/b4-2+. The molecule has 21 heavy (non-hydrogen) atoms. The van der Waals surface area contributed by atoms with Crippen molar-refractivity contribution >= 4 is 18.0 Å². The van der Waals surface area contributed by atoms with Crippen molar-refractivity contribution in [3.63, 3.8) is 0 Å². The summed E-state index contributed by atoms with van der Waals surface area (Å²) in [5, 5.41) is 11.1. The molecule has 0 unspecified atom stereocenters. The SMILES string of the molecule is O=C(O)/C=C/c1ccc(F)c(C(=O)NCc2ccoc2)c1. The van der Waals surface area contributed by atoms with E-state index in [9.17, 15) is 14.0 Å².